The highest BCUT2D eigenvalue weighted by Gasteiger charge is 2.23. The lowest BCUT2D eigenvalue weighted by Crippen LogP contribution is -2.31. The summed E-state index contributed by atoms with van der Waals surface area (Å²) in [5.74, 6) is 1.50. The highest BCUT2D eigenvalue weighted by atomic mass is 16.2. The number of nitrogens with zero attached hydrogens (tertiary/aromatic N) is 5. The van der Waals surface area contributed by atoms with Crippen LogP contribution in [0.25, 0.3) is 0 Å². The first-order valence-corrected chi connectivity index (χ1v) is 9.18. The zero-order valence-corrected chi connectivity index (χ0v) is 15.0. The van der Waals surface area contributed by atoms with E-state index < -0.39 is 0 Å². The van der Waals surface area contributed by atoms with Crippen LogP contribution in [-0.4, -0.2) is 50.3 Å². The molecule has 0 spiro atoms. The van der Waals surface area contributed by atoms with E-state index in [1.165, 1.54) is 0 Å². The molecule has 0 bridgehead atoms. The maximum Gasteiger partial charge on any atom is 0.274 e. The molecular formula is C18H26N6O. The van der Waals surface area contributed by atoms with Crippen LogP contribution in [-0.2, 0) is 13.0 Å². The predicted molar refractivity (Wildman–Crippen MR) is 95.7 cm³/mol. The van der Waals surface area contributed by atoms with Gasteiger partial charge in [0.2, 0.25) is 0 Å². The van der Waals surface area contributed by atoms with Gasteiger partial charge in [0, 0.05) is 19.2 Å². The van der Waals surface area contributed by atoms with Crippen LogP contribution >= 0.6 is 0 Å². The Bertz CT molecular complexity index is 755. The minimum Gasteiger partial charge on any atom is -0.324 e. The number of aryl methyl sites for hydroxylation is 1. The summed E-state index contributed by atoms with van der Waals surface area (Å²) >= 11 is 0. The zero-order valence-electron chi connectivity index (χ0n) is 15.0. The monoisotopic (exact) mass is 342 g/mol. The van der Waals surface area contributed by atoms with E-state index in [0.717, 1.165) is 56.8 Å². The van der Waals surface area contributed by atoms with E-state index in [2.05, 4.69) is 38.8 Å². The molecule has 134 valence electrons. The van der Waals surface area contributed by atoms with E-state index in [0.29, 0.717) is 17.7 Å². The van der Waals surface area contributed by atoms with Gasteiger partial charge in [-0.05, 0) is 45.3 Å². The maximum atomic E-state index is 12.7. The largest absolute Gasteiger partial charge is 0.324 e. The van der Waals surface area contributed by atoms with Crippen molar-refractivity contribution in [3.8, 4) is 0 Å². The van der Waals surface area contributed by atoms with Crippen molar-refractivity contribution in [2.75, 3.05) is 25.5 Å². The fraction of sp³-hybridized carbons (Fsp3) is 0.611. The molecule has 1 atom stereocenters. The minimum absolute atomic E-state index is 0.101. The molecule has 2 aliphatic heterocycles. The highest BCUT2D eigenvalue weighted by molar-refractivity contribution is 6.02. The highest BCUT2D eigenvalue weighted by Crippen LogP contribution is 2.24. The van der Waals surface area contributed by atoms with Gasteiger partial charge >= 0.3 is 0 Å². The van der Waals surface area contributed by atoms with E-state index in [1.807, 2.05) is 10.9 Å². The number of imidazole rings is 1. The molecule has 7 nitrogen and oxygen atoms in total. The van der Waals surface area contributed by atoms with Crippen LogP contribution in [0.15, 0.2) is 18.6 Å². The topological polar surface area (TPSA) is 68.0 Å². The fourth-order valence-corrected chi connectivity index (χ4v) is 3.83. The Kier molecular flexibility index (Phi) is 4.33. The molecular weight excluding hydrogens is 316 g/mol. The molecule has 1 amide bonds. The third-order valence-electron chi connectivity index (χ3n) is 5.45. The Morgan fingerprint density at radius 2 is 2.04 bits per heavy atom. The zero-order chi connectivity index (χ0) is 17.4. The number of amides is 1. The molecule has 0 aliphatic carbocycles. The van der Waals surface area contributed by atoms with Gasteiger partial charge in [-0.15, -0.1) is 0 Å². The standard InChI is InChI=1S/C18H26N6O/c1-13-3-4-17-19-10-16(23(17)11-13)18(25)21-14-9-20-24(12-14)15-5-7-22(2)8-6-15/h9-10,12-13,15H,3-8,11H2,1-2H3,(H,21,25). The summed E-state index contributed by atoms with van der Waals surface area (Å²) in [6, 6.07) is 0.422. The van der Waals surface area contributed by atoms with Gasteiger partial charge in [0.1, 0.15) is 11.5 Å². The number of anilines is 1. The average Bonchev–Trinajstić information content (AvgIpc) is 3.22. The second-order valence-electron chi connectivity index (χ2n) is 7.51. The molecule has 2 aromatic heterocycles. The van der Waals surface area contributed by atoms with Gasteiger partial charge in [0.15, 0.2) is 0 Å². The van der Waals surface area contributed by atoms with Gasteiger partial charge in [-0.25, -0.2) is 4.98 Å². The van der Waals surface area contributed by atoms with E-state index in [1.54, 1.807) is 12.4 Å². The predicted octanol–water partition coefficient (Wildman–Crippen LogP) is 2.18. The number of hydrogen-bond donors (Lipinski definition) is 1. The minimum atomic E-state index is -0.101. The molecule has 1 N–H and O–H groups in total. The number of hydrogen-bond acceptors (Lipinski definition) is 4. The third kappa shape index (κ3) is 3.33. The van der Waals surface area contributed by atoms with Crippen molar-refractivity contribution >= 4 is 11.6 Å². The summed E-state index contributed by atoms with van der Waals surface area (Å²) in [5, 5.41) is 7.44. The number of likely N-dealkylation sites (tertiary alicyclic amines) is 1. The summed E-state index contributed by atoms with van der Waals surface area (Å²) in [5.41, 5.74) is 1.40. The molecule has 2 aliphatic rings. The Balaban J connectivity index is 1.44. The first-order valence-electron chi connectivity index (χ1n) is 9.18. The summed E-state index contributed by atoms with van der Waals surface area (Å²) < 4.78 is 4.06. The van der Waals surface area contributed by atoms with Crippen molar-refractivity contribution in [2.45, 2.75) is 45.2 Å². The Hall–Kier alpha value is -2.15. The molecule has 4 heterocycles. The third-order valence-corrected chi connectivity index (χ3v) is 5.45. The van der Waals surface area contributed by atoms with Crippen molar-refractivity contribution in [1.29, 1.82) is 0 Å². The van der Waals surface area contributed by atoms with E-state index >= 15 is 0 Å². The van der Waals surface area contributed by atoms with Gasteiger partial charge in [0.25, 0.3) is 5.91 Å². The van der Waals surface area contributed by atoms with Crippen molar-refractivity contribution in [3.05, 3.63) is 30.1 Å². The quantitative estimate of drug-likeness (QED) is 0.928. The molecule has 0 saturated carbocycles. The van der Waals surface area contributed by atoms with Crippen molar-refractivity contribution in [1.82, 2.24) is 24.2 Å². The summed E-state index contributed by atoms with van der Waals surface area (Å²) in [4.78, 5) is 19.4. The fourth-order valence-electron chi connectivity index (χ4n) is 3.83. The van der Waals surface area contributed by atoms with Crippen molar-refractivity contribution in [2.24, 2.45) is 5.92 Å². The number of aromatic nitrogens is 4. The molecule has 1 unspecified atom stereocenters. The number of carbonyl (C=O) groups excluding carboxylic acids is 1. The lowest BCUT2D eigenvalue weighted by Gasteiger charge is -2.28. The second-order valence-corrected chi connectivity index (χ2v) is 7.51. The van der Waals surface area contributed by atoms with E-state index in [9.17, 15) is 4.79 Å². The average molecular weight is 342 g/mol. The van der Waals surface area contributed by atoms with Crippen molar-refractivity contribution in [3.63, 3.8) is 0 Å². The summed E-state index contributed by atoms with van der Waals surface area (Å²) in [6.45, 7) is 5.27. The molecule has 7 heteroatoms. The molecule has 1 saturated heterocycles. The Morgan fingerprint density at radius 1 is 1.24 bits per heavy atom. The Labute approximate surface area is 148 Å². The number of piperidine rings is 1. The van der Waals surface area contributed by atoms with Crippen LogP contribution < -0.4 is 5.32 Å². The van der Waals surface area contributed by atoms with Gasteiger partial charge in [-0.1, -0.05) is 6.92 Å². The first kappa shape index (κ1) is 16.3. The summed E-state index contributed by atoms with van der Waals surface area (Å²) in [7, 11) is 2.15. The van der Waals surface area contributed by atoms with E-state index in [-0.39, 0.29) is 5.91 Å². The lowest BCUT2D eigenvalue weighted by molar-refractivity contribution is 0.101. The number of nitrogens with one attached hydrogen (secondary N) is 1. The first-order chi connectivity index (χ1) is 12.1. The molecule has 0 aromatic carbocycles. The molecule has 0 radical (unpaired) electrons. The van der Waals surface area contributed by atoms with Crippen LogP contribution in [0.2, 0.25) is 0 Å². The van der Waals surface area contributed by atoms with Crippen LogP contribution in [0.5, 0.6) is 0 Å². The molecule has 2 aromatic rings. The van der Waals surface area contributed by atoms with Gasteiger partial charge < -0.3 is 14.8 Å². The van der Waals surface area contributed by atoms with Crippen LogP contribution in [0.4, 0.5) is 5.69 Å². The van der Waals surface area contributed by atoms with Gasteiger partial charge in [0.05, 0.1) is 24.1 Å². The number of fused-ring (bicyclic) bond motifs is 1. The molecule has 4 rings (SSSR count). The lowest BCUT2D eigenvalue weighted by atomic mass is 10.0. The van der Waals surface area contributed by atoms with Crippen LogP contribution in [0.3, 0.4) is 0 Å². The summed E-state index contributed by atoms with van der Waals surface area (Å²) in [6.07, 6.45) is 9.67. The molecule has 1 fully saturated rings. The number of rotatable bonds is 3. The van der Waals surface area contributed by atoms with E-state index in [4.69, 9.17) is 0 Å². The smallest absolute Gasteiger partial charge is 0.274 e. The maximum absolute atomic E-state index is 12.7. The van der Waals surface area contributed by atoms with Gasteiger partial charge in [-0.2, -0.15) is 5.10 Å². The molecule has 25 heavy (non-hydrogen) atoms. The normalized spacial score (nSPS) is 21.9. The van der Waals surface area contributed by atoms with Crippen LogP contribution in [0, 0.1) is 5.92 Å². The van der Waals surface area contributed by atoms with Gasteiger partial charge in [-0.3, -0.25) is 9.48 Å². The SMILES string of the molecule is CC1CCc2ncc(C(=O)Nc3cnn(C4CCN(C)CC4)c3)n2C1. The number of carbonyl (C=O) groups is 1. The second kappa shape index (κ2) is 6.63. The van der Waals surface area contributed by atoms with Crippen LogP contribution in [0.1, 0.15) is 48.5 Å². The Morgan fingerprint density at radius 3 is 2.84 bits per heavy atom. The van der Waals surface area contributed by atoms with Crippen molar-refractivity contribution < 1.29 is 4.79 Å².